The van der Waals surface area contributed by atoms with E-state index < -0.39 is 0 Å². The normalized spacial score (nSPS) is 10.7. The second kappa shape index (κ2) is 5.47. The lowest BCUT2D eigenvalue weighted by Crippen LogP contribution is -1.99. The van der Waals surface area contributed by atoms with E-state index in [4.69, 9.17) is 11.6 Å². The standard InChI is InChI=1S/C16H12ClFN2/c17-15-3-1-2-12(8-15)10-20-11-14(9-19-20)13-4-6-16(18)7-5-13/h1-9,11H,10H2. The van der Waals surface area contributed by atoms with Gasteiger partial charge in [0.2, 0.25) is 0 Å². The Morgan fingerprint density at radius 1 is 1.05 bits per heavy atom. The average molecular weight is 287 g/mol. The summed E-state index contributed by atoms with van der Waals surface area (Å²) in [6, 6.07) is 14.1. The van der Waals surface area contributed by atoms with Gasteiger partial charge in [0.15, 0.2) is 0 Å². The van der Waals surface area contributed by atoms with E-state index in [9.17, 15) is 4.39 Å². The van der Waals surface area contributed by atoms with Gasteiger partial charge in [-0.1, -0.05) is 35.9 Å². The predicted molar refractivity (Wildman–Crippen MR) is 78.2 cm³/mol. The predicted octanol–water partition coefficient (Wildman–Crippen LogP) is 4.39. The van der Waals surface area contributed by atoms with Gasteiger partial charge in [0.1, 0.15) is 5.82 Å². The van der Waals surface area contributed by atoms with Crippen LogP contribution in [0.1, 0.15) is 5.56 Å². The van der Waals surface area contributed by atoms with E-state index in [0.29, 0.717) is 11.6 Å². The number of nitrogens with zero attached hydrogens (tertiary/aromatic N) is 2. The molecule has 20 heavy (non-hydrogen) atoms. The highest BCUT2D eigenvalue weighted by atomic mass is 35.5. The minimum absolute atomic E-state index is 0.236. The van der Waals surface area contributed by atoms with E-state index in [1.807, 2.05) is 35.1 Å². The summed E-state index contributed by atoms with van der Waals surface area (Å²) in [5.41, 5.74) is 3.00. The van der Waals surface area contributed by atoms with Crippen molar-refractivity contribution >= 4 is 11.6 Å². The molecule has 100 valence electrons. The lowest BCUT2D eigenvalue weighted by atomic mass is 10.1. The summed E-state index contributed by atoms with van der Waals surface area (Å²) in [6.07, 6.45) is 3.71. The Hall–Kier alpha value is -2.13. The molecule has 0 atom stereocenters. The first-order chi connectivity index (χ1) is 9.70. The van der Waals surface area contributed by atoms with Crippen LogP contribution in [-0.4, -0.2) is 9.78 Å². The van der Waals surface area contributed by atoms with Gasteiger partial charge >= 0.3 is 0 Å². The molecule has 2 nitrogen and oxygen atoms in total. The van der Waals surface area contributed by atoms with Crippen molar-refractivity contribution in [1.29, 1.82) is 0 Å². The molecule has 0 saturated carbocycles. The van der Waals surface area contributed by atoms with Crippen molar-refractivity contribution in [2.75, 3.05) is 0 Å². The summed E-state index contributed by atoms with van der Waals surface area (Å²) < 4.78 is 14.7. The van der Waals surface area contributed by atoms with Crippen molar-refractivity contribution < 1.29 is 4.39 Å². The van der Waals surface area contributed by atoms with Crippen LogP contribution < -0.4 is 0 Å². The molecular weight excluding hydrogens is 275 g/mol. The van der Waals surface area contributed by atoms with Crippen LogP contribution in [-0.2, 0) is 6.54 Å². The Kier molecular flexibility index (Phi) is 3.52. The second-order valence-electron chi connectivity index (χ2n) is 4.56. The first kappa shape index (κ1) is 12.9. The molecule has 0 bridgehead atoms. The Bertz CT molecular complexity index is 719. The molecular formula is C16H12ClFN2. The van der Waals surface area contributed by atoms with Gasteiger partial charge in [0, 0.05) is 16.8 Å². The fraction of sp³-hybridized carbons (Fsp3) is 0.0625. The zero-order valence-electron chi connectivity index (χ0n) is 10.6. The molecule has 0 fully saturated rings. The first-order valence-corrected chi connectivity index (χ1v) is 6.61. The quantitative estimate of drug-likeness (QED) is 0.698. The zero-order valence-corrected chi connectivity index (χ0v) is 11.4. The van der Waals surface area contributed by atoms with Gasteiger partial charge in [-0.2, -0.15) is 5.10 Å². The fourth-order valence-electron chi connectivity index (χ4n) is 2.06. The van der Waals surface area contributed by atoms with E-state index in [0.717, 1.165) is 16.7 Å². The van der Waals surface area contributed by atoms with Gasteiger partial charge in [-0.3, -0.25) is 4.68 Å². The number of hydrogen-bond donors (Lipinski definition) is 0. The van der Waals surface area contributed by atoms with E-state index in [1.54, 1.807) is 18.3 Å². The van der Waals surface area contributed by atoms with Gasteiger partial charge < -0.3 is 0 Å². The molecule has 0 N–H and O–H groups in total. The molecule has 1 aromatic heterocycles. The van der Waals surface area contributed by atoms with E-state index in [-0.39, 0.29) is 5.82 Å². The third-order valence-electron chi connectivity index (χ3n) is 3.04. The molecule has 0 amide bonds. The van der Waals surface area contributed by atoms with Crippen molar-refractivity contribution in [1.82, 2.24) is 9.78 Å². The minimum atomic E-state index is -0.236. The van der Waals surface area contributed by atoms with Crippen LogP contribution in [0.2, 0.25) is 5.02 Å². The molecule has 0 aliphatic rings. The van der Waals surface area contributed by atoms with Crippen LogP contribution in [0.15, 0.2) is 60.9 Å². The number of aromatic nitrogens is 2. The molecule has 0 aliphatic heterocycles. The lowest BCUT2D eigenvalue weighted by Gasteiger charge is -2.02. The van der Waals surface area contributed by atoms with E-state index in [2.05, 4.69) is 5.10 Å². The topological polar surface area (TPSA) is 17.8 Å². The molecule has 0 spiro atoms. The first-order valence-electron chi connectivity index (χ1n) is 6.23. The third-order valence-corrected chi connectivity index (χ3v) is 3.28. The Morgan fingerprint density at radius 2 is 1.85 bits per heavy atom. The highest BCUT2D eigenvalue weighted by Crippen LogP contribution is 2.19. The third kappa shape index (κ3) is 2.89. The summed E-state index contributed by atoms with van der Waals surface area (Å²) in [5, 5.41) is 5.04. The van der Waals surface area contributed by atoms with Crippen molar-refractivity contribution in [3.63, 3.8) is 0 Å². The van der Waals surface area contributed by atoms with E-state index in [1.165, 1.54) is 12.1 Å². The number of benzene rings is 2. The molecule has 3 rings (SSSR count). The Labute approximate surface area is 121 Å². The van der Waals surface area contributed by atoms with Gasteiger partial charge in [-0.25, -0.2) is 4.39 Å². The highest BCUT2D eigenvalue weighted by molar-refractivity contribution is 6.30. The van der Waals surface area contributed by atoms with Crippen LogP contribution in [0.4, 0.5) is 4.39 Å². The van der Waals surface area contributed by atoms with Crippen LogP contribution >= 0.6 is 11.6 Å². The van der Waals surface area contributed by atoms with Crippen molar-refractivity contribution in [2.24, 2.45) is 0 Å². The zero-order chi connectivity index (χ0) is 13.9. The SMILES string of the molecule is Fc1ccc(-c2cnn(Cc3cccc(Cl)c3)c2)cc1. The number of rotatable bonds is 3. The smallest absolute Gasteiger partial charge is 0.123 e. The Morgan fingerprint density at radius 3 is 2.60 bits per heavy atom. The van der Waals surface area contributed by atoms with Gasteiger partial charge in [0.25, 0.3) is 0 Å². The highest BCUT2D eigenvalue weighted by Gasteiger charge is 2.03. The lowest BCUT2D eigenvalue weighted by molar-refractivity contribution is 0.628. The van der Waals surface area contributed by atoms with Crippen LogP contribution in [0, 0.1) is 5.82 Å². The molecule has 0 unspecified atom stereocenters. The maximum atomic E-state index is 12.9. The summed E-state index contributed by atoms with van der Waals surface area (Å²) in [4.78, 5) is 0. The molecule has 3 aromatic rings. The van der Waals surface area contributed by atoms with Gasteiger partial charge in [-0.15, -0.1) is 0 Å². The maximum Gasteiger partial charge on any atom is 0.123 e. The number of hydrogen-bond acceptors (Lipinski definition) is 1. The molecule has 1 heterocycles. The molecule has 0 aliphatic carbocycles. The van der Waals surface area contributed by atoms with E-state index >= 15 is 0 Å². The second-order valence-corrected chi connectivity index (χ2v) is 5.00. The largest absolute Gasteiger partial charge is 0.268 e. The van der Waals surface area contributed by atoms with Crippen LogP contribution in [0.5, 0.6) is 0 Å². The summed E-state index contributed by atoms with van der Waals surface area (Å²) in [7, 11) is 0. The van der Waals surface area contributed by atoms with Crippen LogP contribution in [0.3, 0.4) is 0 Å². The van der Waals surface area contributed by atoms with Crippen molar-refractivity contribution in [2.45, 2.75) is 6.54 Å². The van der Waals surface area contributed by atoms with Crippen molar-refractivity contribution in [3.8, 4) is 11.1 Å². The minimum Gasteiger partial charge on any atom is -0.268 e. The fourth-order valence-corrected chi connectivity index (χ4v) is 2.28. The monoisotopic (exact) mass is 286 g/mol. The molecule has 0 radical (unpaired) electrons. The number of halogens is 2. The average Bonchev–Trinajstić information content (AvgIpc) is 2.88. The van der Waals surface area contributed by atoms with Crippen LogP contribution in [0.25, 0.3) is 11.1 Å². The van der Waals surface area contributed by atoms with Crippen molar-refractivity contribution in [3.05, 3.63) is 77.3 Å². The molecule has 0 saturated heterocycles. The molecule has 2 aromatic carbocycles. The summed E-state index contributed by atoms with van der Waals surface area (Å²) in [6.45, 7) is 0.655. The van der Waals surface area contributed by atoms with Gasteiger partial charge in [0.05, 0.1) is 12.7 Å². The summed E-state index contributed by atoms with van der Waals surface area (Å²) in [5.74, 6) is -0.236. The van der Waals surface area contributed by atoms with Gasteiger partial charge in [-0.05, 0) is 35.4 Å². The summed E-state index contributed by atoms with van der Waals surface area (Å²) >= 11 is 5.96. The molecule has 4 heteroatoms. The maximum absolute atomic E-state index is 12.9. The Balaban J connectivity index is 1.82.